The quantitative estimate of drug-likeness (QED) is 0.846. The van der Waals surface area contributed by atoms with E-state index in [0.29, 0.717) is 5.56 Å². The van der Waals surface area contributed by atoms with Crippen molar-refractivity contribution in [2.75, 3.05) is 6.54 Å². The standard InChI is InChI=1S/C16H10F3NO/c17-13-6-3-11(4-7-13)2-1-9-20-16(21)12-5-8-14(18)15(19)10-12/h3-8,10H,9H2,(H,20,21). The van der Waals surface area contributed by atoms with E-state index in [1.54, 1.807) is 0 Å². The molecule has 0 aliphatic rings. The van der Waals surface area contributed by atoms with Gasteiger partial charge in [-0.2, -0.15) is 0 Å². The second kappa shape index (κ2) is 6.62. The normalized spacial score (nSPS) is 9.67. The number of nitrogens with one attached hydrogen (secondary N) is 1. The van der Waals surface area contributed by atoms with Crippen LogP contribution in [0.25, 0.3) is 0 Å². The van der Waals surface area contributed by atoms with Gasteiger partial charge < -0.3 is 5.32 Å². The average Bonchev–Trinajstić information content (AvgIpc) is 2.48. The molecular formula is C16H10F3NO. The first-order valence-corrected chi connectivity index (χ1v) is 6.04. The number of carbonyl (C=O) groups is 1. The summed E-state index contributed by atoms with van der Waals surface area (Å²) in [5.74, 6) is 2.41. The molecule has 21 heavy (non-hydrogen) atoms. The third-order valence-corrected chi connectivity index (χ3v) is 2.60. The lowest BCUT2D eigenvalue weighted by molar-refractivity contribution is 0.0958. The summed E-state index contributed by atoms with van der Waals surface area (Å²) in [5.41, 5.74) is 0.621. The smallest absolute Gasteiger partial charge is 0.252 e. The Bertz CT molecular complexity index is 715. The van der Waals surface area contributed by atoms with Gasteiger partial charge in [-0.1, -0.05) is 11.8 Å². The molecule has 0 saturated carbocycles. The zero-order valence-corrected chi connectivity index (χ0v) is 10.8. The van der Waals surface area contributed by atoms with E-state index in [2.05, 4.69) is 17.2 Å². The molecule has 0 spiro atoms. The Hall–Kier alpha value is -2.74. The average molecular weight is 289 g/mol. The molecule has 5 heteroatoms. The van der Waals surface area contributed by atoms with Crippen LogP contribution in [0, 0.1) is 29.3 Å². The van der Waals surface area contributed by atoms with Gasteiger partial charge in [-0.15, -0.1) is 0 Å². The Morgan fingerprint density at radius 2 is 1.71 bits per heavy atom. The molecule has 0 radical (unpaired) electrons. The van der Waals surface area contributed by atoms with E-state index in [1.807, 2.05) is 0 Å². The molecule has 0 aromatic heterocycles. The lowest BCUT2D eigenvalue weighted by Gasteiger charge is -2.01. The fourth-order valence-electron chi connectivity index (χ4n) is 1.54. The van der Waals surface area contributed by atoms with E-state index >= 15 is 0 Å². The maximum Gasteiger partial charge on any atom is 0.252 e. The van der Waals surface area contributed by atoms with Crippen molar-refractivity contribution in [1.82, 2.24) is 5.32 Å². The number of halogens is 3. The van der Waals surface area contributed by atoms with Crippen molar-refractivity contribution in [3.05, 3.63) is 71.0 Å². The molecule has 0 atom stereocenters. The van der Waals surface area contributed by atoms with E-state index in [1.165, 1.54) is 30.3 Å². The highest BCUT2D eigenvalue weighted by molar-refractivity contribution is 5.94. The van der Waals surface area contributed by atoms with E-state index < -0.39 is 17.5 Å². The van der Waals surface area contributed by atoms with Crippen LogP contribution in [0.5, 0.6) is 0 Å². The van der Waals surface area contributed by atoms with Gasteiger partial charge in [-0.05, 0) is 42.5 Å². The Morgan fingerprint density at radius 1 is 1.00 bits per heavy atom. The van der Waals surface area contributed by atoms with Crippen molar-refractivity contribution >= 4 is 5.91 Å². The molecule has 1 N–H and O–H groups in total. The zero-order valence-electron chi connectivity index (χ0n) is 10.8. The van der Waals surface area contributed by atoms with E-state index in [0.717, 1.165) is 12.1 Å². The van der Waals surface area contributed by atoms with Crippen LogP contribution in [0.2, 0.25) is 0 Å². The van der Waals surface area contributed by atoms with Gasteiger partial charge in [0, 0.05) is 11.1 Å². The highest BCUT2D eigenvalue weighted by Crippen LogP contribution is 2.08. The molecule has 0 bridgehead atoms. The van der Waals surface area contributed by atoms with Gasteiger partial charge in [0.05, 0.1) is 6.54 Å². The van der Waals surface area contributed by atoms with Crippen molar-refractivity contribution in [3.63, 3.8) is 0 Å². The van der Waals surface area contributed by atoms with Crippen molar-refractivity contribution < 1.29 is 18.0 Å². The van der Waals surface area contributed by atoms with Gasteiger partial charge in [0.15, 0.2) is 11.6 Å². The molecule has 2 aromatic carbocycles. The van der Waals surface area contributed by atoms with Crippen LogP contribution in [0.4, 0.5) is 13.2 Å². The number of hydrogen-bond acceptors (Lipinski definition) is 1. The third kappa shape index (κ3) is 4.11. The van der Waals surface area contributed by atoms with Crippen LogP contribution in [-0.4, -0.2) is 12.5 Å². The van der Waals surface area contributed by atoms with Crippen molar-refractivity contribution in [2.45, 2.75) is 0 Å². The molecular weight excluding hydrogens is 279 g/mol. The number of amides is 1. The molecule has 1 amide bonds. The lowest BCUT2D eigenvalue weighted by Crippen LogP contribution is -2.23. The SMILES string of the molecule is O=C(NCC#Cc1ccc(F)cc1)c1ccc(F)c(F)c1. The maximum atomic E-state index is 13.0. The van der Waals surface area contributed by atoms with Crippen LogP contribution >= 0.6 is 0 Å². The fraction of sp³-hybridized carbons (Fsp3) is 0.0625. The summed E-state index contributed by atoms with van der Waals surface area (Å²) in [4.78, 5) is 11.6. The van der Waals surface area contributed by atoms with E-state index in [4.69, 9.17) is 0 Å². The number of hydrogen-bond donors (Lipinski definition) is 1. The summed E-state index contributed by atoms with van der Waals surface area (Å²) < 4.78 is 38.4. The molecule has 2 rings (SSSR count). The van der Waals surface area contributed by atoms with Gasteiger partial charge in [0.2, 0.25) is 0 Å². The fourth-order valence-corrected chi connectivity index (χ4v) is 1.54. The minimum Gasteiger partial charge on any atom is -0.341 e. The molecule has 0 saturated heterocycles. The molecule has 0 aliphatic heterocycles. The van der Waals surface area contributed by atoms with Gasteiger partial charge in [0.25, 0.3) is 5.91 Å². The Morgan fingerprint density at radius 3 is 2.38 bits per heavy atom. The summed E-state index contributed by atoms with van der Waals surface area (Å²) in [6.07, 6.45) is 0. The molecule has 0 aliphatic carbocycles. The summed E-state index contributed by atoms with van der Waals surface area (Å²) in [7, 11) is 0. The molecule has 106 valence electrons. The monoisotopic (exact) mass is 289 g/mol. The van der Waals surface area contributed by atoms with Crippen molar-refractivity contribution in [3.8, 4) is 11.8 Å². The minimum atomic E-state index is -1.08. The lowest BCUT2D eigenvalue weighted by atomic mass is 10.2. The molecule has 2 aromatic rings. The van der Waals surface area contributed by atoms with Gasteiger partial charge in [0.1, 0.15) is 5.82 Å². The Labute approximate surface area is 119 Å². The summed E-state index contributed by atoms with van der Waals surface area (Å²) in [6, 6.07) is 8.47. The van der Waals surface area contributed by atoms with Gasteiger partial charge in [-0.25, -0.2) is 13.2 Å². The second-order valence-electron chi connectivity index (χ2n) is 4.12. The second-order valence-corrected chi connectivity index (χ2v) is 4.12. The first-order chi connectivity index (χ1) is 10.1. The predicted octanol–water partition coefficient (Wildman–Crippen LogP) is 2.89. The summed E-state index contributed by atoms with van der Waals surface area (Å²) >= 11 is 0. The van der Waals surface area contributed by atoms with Gasteiger partial charge >= 0.3 is 0 Å². The molecule has 0 fully saturated rings. The van der Waals surface area contributed by atoms with Gasteiger partial charge in [-0.3, -0.25) is 4.79 Å². The van der Waals surface area contributed by atoms with Crippen LogP contribution in [0.15, 0.2) is 42.5 Å². The summed E-state index contributed by atoms with van der Waals surface area (Å²) in [6.45, 7) is 0.0369. The Balaban J connectivity index is 1.93. The van der Waals surface area contributed by atoms with Crippen LogP contribution in [0.1, 0.15) is 15.9 Å². The molecule has 0 unspecified atom stereocenters. The van der Waals surface area contributed by atoms with Crippen LogP contribution in [-0.2, 0) is 0 Å². The summed E-state index contributed by atoms with van der Waals surface area (Å²) in [5, 5.41) is 2.45. The minimum absolute atomic E-state index is 0.0116. The highest BCUT2D eigenvalue weighted by Gasteiger charge is 2.08. The molecule has 0 heterocycles. The number of rotatable bonds is 2. The van der Waals surface area contributed by atoms with E-state index in [9.17, 15) is 18.0 Å². The highest BCUT2D eigenvalue weighted by atomic mass is 19.2. The molecule has 2 nitrogen and oxygen atoms in total. The van der Waals surface area contributed by atoms with Crippen LogP contribution < -0.4 is 5.32 Å². The topological polar surface area (TPSA) is 29.1 Å². The first kappa shape index (κ1) is 14.7. The first-order valence-electron chi connectivity index (χ1n) is 6.04. The van der Waals surface area contributed by atoms with Crippen LogP contribution in [0.3, 0.4) is 0 Å². The number of benzene rings is 2. The third-order valence-electron chi connectivity index (χ3n) is 2.60. The van der Waals surface area contributed by atoms with E-state index in [-0.39, 0.29) is 17.9 Å². The Kier molecular flexibility index (Phi) is 4.62. The van der Waals surface area contributed by atoms with Crippen molar-refractivity contribution in [2.24, 2.45) is 0 Å². The predicted molar refractivity (Wildman–Crippen MR) is 72.0 cm³/mol. The van der Waals surface area contributed by atoms with Crippen molar-refractivity contribution in [1.29, 1.82) is 0 Å². The largest absolute Gasteiger partial charge is 0.341 e. The number of carbonyl (C=O) groups excluding carboxylic acids is 1. The zero-order chi connectivity index (χ0) is 15.2. The maximum absolute atomic E-state index is 13.0.